The van der Waals surface area contributed by atoms with Crippen molar-refractivity contribution < 1.29 is 9.47 Å². The normalized spacial score (nSPS) is 17.9. The van der Waals surface area contributed by atoms with Crippen molar-refractivity contribution in [2.24, 2.45) is 0 Å². The van der Waals surface area contributed by atoms with E-state index in [-0.39, 0.29) is 0 Å². The summed E-state index contributed by atoms with van der Waals surface area (Å²) in [6, 6.07) is 11.0. The van der Waals surface area contributed by atoms with Gasteiger partial charge in [-0.15, -0.1) is 0 Å². The zero-order valence-corrected chi connectivity index (χ0v) is 16.7. The van der Waals surface area contributed by atoms with Gasteiger partial charge in [0.25, 0.3) is 0 Å². The maximum atomic E-state index is 5.42. The Morgan fingerprint density at radius 1 is 1.15 bits per heavy atom. The number of benzene rings is 1. The minimum Gasteiger partial charge on any atom is -0.493 e. The largest absolute Gasteiger partial charge is 0.493 e. The molecule has 0 bridgehead atoms. The molecule has 0 unspecified atom stereocenters. The molecule has 5 nitrogen and oxygen atoms in total. The van der Waals surface area contributed by atoms with Crippen LogP contribution in [-0.4, -0.2) is 61.7 Å². The maximum absolute atomic E-state index is 5.42. The molecule has 2 heterocycles. The van der Waals surface area contributed by atoms with Crippen molar-refractivity contribution in [3.8, 4) is 11.5 Å². The fourth-order valence-electron chi connectivity index (χ4n) is 3.81. The van der Waals surface area contributed by atoms with Gasteiger partial charge in [0, 0.05) is 38.1 Å². The fourth-order valence-corrected chi connectivity index (χ4v) is 3.81. The molecule has 2 aromatic rings. The molecule has 1 fully saturated rings. The van der Waals surface area contributed by atoms with Crippen LogP contribution < -0.4 is 9.47 Å². The number of nitrogens with zero attached hydrogens (tertiary/aromatic N) is 3. The summed E-state index contributed by atoms with van der Waals surface area (Å²) in [5.41, 5.74) is 2.58. The molecule has 0 spiro atoms. The molecule has 1 atom stereocenters. The SMILES string of the molecule is COc1ccc(CCN(C)[C@H]2CCCN(Cc3cccnc3)C2)cc1OC. The predicted octanol–water partition coefficient (Wildman–Crippen LogP) is 3.24. The van der Waals surface area contributed by atoms with Crippen LogP contribution in [0.5, 0.6) is 11.5 Å². The summed E-state index contributed by atoms with van der Waals surface area (Å²) < 4.78 is 10.7. The van der Waals surface area contributed by atoms with Crippen LogP contribution in [0, 0.1) is 0 Å². The lowest BCUT2D eigenvalue weighted by atomic mass is 10.0. The lowest BCUT2D eigenvalue weighted by Crippen LogP contribution is -2.46. The summed E-state index contributed by atoms with van der Waals surface area (Å²) in [5.74, 6) is 1.59. The van der Waals surface area contributed by atoms with Gasteiger partial charge in [0.1, 0.15) is 0 Å². The predicted molar refractivity (Wildman–Crippen MR) is 108 cm³/mol. The van der Waals surface area contributed by atoms with Crippen LogP contribution in [-0.2, 0) is 13.0 Å². The number of pyridine rings is 1. The van der Waals surface area contributed by atoms with Gasteiger partial charge in [-0.25, -0.2) is 0 Å². The molecule has 0 N–H and O–H groups in total. The van der Waals surface area contributed by atoms with Gasteiger partial charge in [0.05, 0.1) is 14.2 Å². The van der Waals surface area contributed by atoms with Crippen LogP contribution in [0.15, 0.2) is 42.7 Å². The highest BCUT2D eigenvalue weighted by Crippen LogP contribution is 2.28. The molecule has 5 heteroatoms. The second kappa shape index (κ2) is 9.72. The van der Waals surface area contributed by atoms with Crippen molar-refractivity contribution >= 4 is 0 Å². The third kappa shape index (κ3) is 5.44. The van der Waals surface area contributed by atoms with Gasteiger partial charge in [-0.1, -0.05) is 12.1 Å². The van der Waals surface area contributed by atoms with E-state index in [1.165, 1.54) is 30.5 Å². The molecule has 1 aromatic carbocycles. The summed E-state index contributed by atoms with van der Waals surface area (Å²) >= 11 is 0. The lowest BCUT2D eigenvalue weighted by Gasteiger charge is -2.37. The van der Waals surface area contributed by atoms with E-state index < -0.39 is 0 Å². The van der Waals surface area contributed by atoms with Crippen molar-refractivity contribution in [2.45, 2.75) is 31.8 Å². The molecule has 1 aromatic heterocycles. The Bertz CT molecular complexity index is 708. The Balaban J connectivity index is 1.52. The van der Waals surface area contributed by atoms with Crippen molar-refractivity contribution in [2.75, 3.05) is 40.9 Å². The molecule has 1 aliphatic rings. The Morgan fingerprint density at radius 3 is 2.74 bits per heavy atom. The molecule has 146 valence electrons. The van der Waals surface area contributed by atoms with Gasteiger partial charge in [-0.05, 0) is 62.2 Å². The van der Waals surface area contributed by atoms with Crippen LogP contribution in [0.1, 0.15) is 24.0 Å². The molecule has 3 rings (SSSR count). The smallest absolute Gasteiger partial charge is 0.160 e. The first-order valence-corrected chi connectivity index (χ1v) is 9.72. The molecule has 0 aliphatic carbocycles. The third-order valence-electron chi connectivity index (χ3n) is 5.43. The standard InChI is InChI=1S/C22H31N3O2/c1-24(13-10-18-8-9-21(26-2)22(14-18)27-3)20-7-5-12-25(17-20)16-19-6-4-11-23-15-19/h4,6,8-9,11,14-15,20H,5,7,10,12-13,16-17H2,1-3H3/t20-/m0/s1. The number of hydrogen-bond acceptors (Lipinski definition) is 5. The number of ether oxygens (including phenoxy) is 2. The fraction of sp³-hybridized carbons (Fsp3) is 0.500. The highest BCUT2D eigenvalue weighted by atomic mass is 16.5. The maximum Gasteiger partial charge on any atom is 0.160 e. The van der Waals surface area contributed by atoms with Crippen LogP contribution in [0.25, 0.3) is 0 Å². The van der Waals surface area contributed by atoms with Crippen molar-refractivity contribution in [3.05, 3.63) is 53.9 Å². The first-order chi connectivity index (χ1) is 13.2. The Hall–Kier alpha value is -2.11. The van der Waals surface area contributed by atoms with E-state index in [1.54, 1.807) is 14.2 Å². The van der Waals surface area contributed by atoms with Gasteiger partial charge < -0.3 is 14.4 Å². The molecule has 0 radical (unpaired) electrons. The molecule has 0 amide bonds. The lowest BCUT2D eigenvalue weighted by molar-refractivity contribution is 0.112. The Labute approximate surface area is 162 Å². The van der Waals surface area contributed by atoms with Gasteiger partial charge in [0.15, 0.2) is 11.5 Å². The summed E-state index contributed by atoms with van der Waals surface area (Å²) in [5, 5.41) is 0. The van der Waals surface area contributed by atoms with Gasteiger partial charge >= 0.3 is 0 Å². The van der Waals surface area contributed by atoms with Crippen molar-refractivity contribution in [1.82, 2.24) is 14.8 Å². The minimum atomic E-state index is 0.607. The number of likely N-dealkylation sites (tertiary alicyclic amines) is 1. The summed E-state index contributed by atoms with van der Waals surface area (Å²) in [6.45, 7) is 4.33. The number of aromatic nitrogens is 1. The van der Waals surface area contributed by atoms with Crippen LogP contribution in [0.4, 0.5) is 0 Å². The molecule has 1 aliphatic heterocycles. The third-order valence-corrected chi connectivity index (χ3v) is 5.43. The quantitative estimate of drug-likeness (QED) is 0.714. The first kappa shape index (κ1) is 19.6. The minimum absolute atomic E-state index is 0.607. The van der Waals surface area contributed by atoms with E-state index in [4.69, 9.17) is 9.47 Å². The number of likely N-dealkylation sites (N-methyl/N-ethyl adjacent to an activating group) is 1. The van der Waals surface area contributed by atoms with E-state index in [0.29, 0.717) is 6.04 Å². The average Bonchev–Trinajstić information content (AvgIpc) is 2.72. The summed E-state index contributed by atoms with van der Waals surface area (Å²) in [6.07, 6.45) is 7.35. The second-order valence-electron chi connectivity index (χ2n) is 7.31. The summed E-state index contributed by atoms with van der Waals surface area (Å²) in [4.78, 5) is 9.30. The topological polar surface area (TPSA) is 37.8 Å². The number of hydrogen-bond donors (Lipinski definition) is 0. The number of methoxy groups -OCH3 is 2. The average molecular weight is 370 g/mol. The molecular weight excluding hydrogens is 338 g/mol. The molecular formula is C22H31N3O2. The van der Waals surface area contributed by atoms with E-state index >= 15 is 0 Å². The van der Waals surface area contributed by atoms with Gasteiger partial charge in [0.2, 0.25) is 0 Å². The van der Waals surface area contributed by atoms with Crippen molar-refractivity contribution in [3.63, 3.8) is 0 Å². The highest BCUT2D eigenvalue weighted by molar-refractivity contribution is 5.42. The van der Waals surface area contributed by atoms with Crippen molar-refractivity contribution in [1.29, 1.82) is 0 Å². The zero-order chi connectivity index (χ0) is 19.1. The highest BCUT2D eigenvalue weighted by Gasteiger charge is 2.23. The second-order valence-corrected chi connectivity index (χ2v) is 7.31. The Morgan fingerprint density at radius 2 is 2.00 bits per heavy atom. The number of piperidine rings is 1. The van der Waals surface area contributed by atoms with E-state index in [0.717, 1.165) is 37.6 Å². The molecule has 27 heavy (non-hydrogen) atoms. The molecule has 0 saturated carbocycles. The van der Waals surface area contributed by atoms with Crippen LogP contribution >= 0.6 is 0 Å². The van der Waals surface area contributed by atoms with Crippen LogP contribution in [0.2, 0.25) is 0 Å². The monoisotopic (exact) mass is 369 g/mol. The van der Waals surface area contributed by atoms with Gasteiger partial charge in [-0.3, -0.25) is 9.88 Å². The van der Waals surface area contributed by atoms with E-state index in [2.05, 4.69) is 40.0 Å². The summed E-state index contributed by atoms with van der Waals surface area (Å²) in [7, 11) is 5.61. The van der Waals surface area contributed by atoms with Gasteiger partial charge in [-0.2, -0.15) is 0 Å². The zero-order valence-electron chi connectivity index (χ0n) is 16.7. The van der Waals surface area contributed by atoms with E-state index in [9.17, 15) is 0 Å². The van der Waals surface area contributed by atoms with Crippen LogP contribution in [0.3, 0.4) is 0 Å². The molecule has 1 saturated heterocycles. The number of rotatable bonds is 8. The Kier molecular flexibility index (Phi) is 7.07. The first-order valence-electron chi connectivity index (χ1n) is 9.72. The van der Waals surface area contributed by atoms with E-state index in [1.807, 2.05) is 24.5 Å².